The summed E-state index contributed by atoms with van der Waals surface area (Å²) in [5, 5.41) is 15.6. The maximum absolute atomic E-state index is 12.2. The first-order chi connectivity index (χ1) is 11.2. The Labute approximate surface area is 140 Å². The highest BCUT2D eigenvalue weighted by Gasteiger charge is 2.34. The molecule has 0 bridgehead atoms. The van der Waals surface area contributed by atoms with Gasteiger partial charge >= 0.3 is 0 Å². The quantitative estimate of drug-likeness (QED) is 0.856. The van der Waals surface area contributed by atoms with Crippen molar-refractivity contribution in [2.24, 2.45) is 0 Å². The highest BCUT2D eigenvalue weighted by atomic mass is 32.1. The molecular weight excluding hydrogens is 308 g/mol. The first-order valence-electron chi connectivity index (χ1n) is 8.08. The van der Waals surface area contributed by atoms with E-state index < -0.39 is 5.54 Å². The Morgan fingerprint density at radius 3 is 2.70 bits per heavy atom. The minimum atomic E-state index is -0.403. The highest BCUT2D eigenvalue weighted by Crippen LogP contribution is 2.29. The number of benzene rings is 1. The molecule has 0 spiro atoms. The molecule has 1 fully saturated rings. The van der Waals surface area contributed by atoms with E-state index in [1.807, 2.05) is 23.6 Å². The second kappa shape index (κ2) is 7.23. The van der Waals surface area contributed by atoms with Crippen LogP contribution in [0.3, 0.4) is 0 Å². The number of aliphatic hydroxyl groups is 1. The Morgan fingerprint density at radius 1 is 1.26 bits per heavy atom. The van der Waals surface area contributed by atoms with Gasteiger partial charge in [0.1, 0.15) is 0 Å². The molecule has 1 aliphatic rings. The number of hydrogen-bond acceptors (Lipinski definition) is 4. The van der Waals surface area contributed by atoms with Crippen LogP contribution in [-0.4, -0.2) is 28.1 Å². The van der Waals surface area contributed by atoms with Gasteiger partial charge in [0.05, 0.1) is 29.3 Å². The minimum absolute atomic E-state index is 0.0229. The van der Waals surface area contributed by atoms with Gasteiger partial charge in [-0.15, -0.1) is 11.3 Å². The summed E-state index contributed by atoms with van der Waals surface area (Å²) in [6.07, 6.45) is 4.95. The van der Waals surface area contributed by atoms with Gasteiger partial charge in [0.15, 0.2) is 0 Å². The van der Waals surface area contributed by atoms with Crippen molar-refractivity contribution in [1.29, 1.82) is 0 Å². The number of hydrogen-bond donors (Lipinski definition) is 2. The van der Waals surface area contributed by atoms with Crippen LogP contribution in [0.15, 0.2) is 35.7 Å². The molecule has 2 aromatic rings. The van der Waals surface area contributed by atoms with Gasteiger partial charge in [0, 0.05) is 11.8 Å². The number of aliphatic hydroxyl groups excluding tert-OH is 1. The molecule has 0 radical (unpaired) electrons. The summed E-state index contributed by atoms with van der Waals surface area (Å²) < 4.78 is 0. The van der Waals surface area contributed by atoms with Crippen LogP contribution in [0.5, 0.6) is 0 Å². The molecule has 0 atom stereocenters. The van der Waals surface area contributed by atoms with Crippen molar-refractivity contribution < 1.29 is 9.90 Å². The summed E-state index contributed by atoms with van der Waals surface area (Å²) in [6, 6.07) is 10.2. The van der Waals surface area contributed by atoms with Crippen LogP contribution < -0.4 is 5.32 Å². The van der Waals surface area contributed by atoms with Crippen LogP contribution in [0.4, 0.5) is 0 Å². The van der Waals surface area contributed by atoms with Crippen molar-refractivity contribution in [2.75, 3.05) is 6.61 Å². The molecule has 0 unspecified atom stereocenters. The van der Waals surface area contributed by atoms with E-state index in [0.29, 0.717) is 0 Å². The van der Waals surface area contributed by atoms with Crippen molar-refractivity contribution in [3.05, 3.63) is 52.0 Å². The number of nitrogens with zero attached hydrogens (tertiary/aromatic N) is 1. The molecule has 23 heavy (non-hydrogen) atoms. The summed E-state index contributed by atoms with van der Waals surface area (Å²) in [4.78, 5) is 16.8. The smallest absolute Gasteiger partial charge is 0.226 e. The third kappa shape index (κ3) is 4.18. The first kappa shape index (κ1) is 16.1. The van der Waals surface area contributed by atoms with E-state index in [1.165, 1.54) is 5.56 Å². The molecule has 1 aromatic heterocycles. The van der Waals surface area contributed by atoms with Crippen LogP contribution >= 0.6 is 11.3 Å². The number of carbonyl (C=O) groups excluding carboxylic acids is 1. The second-order valence-electron chi connectivity index (χ2n) is 6.27. The maximum Gasteiger partial charge on any atom is 0.226 e. The number of carbonyl (C=O) groups is 1. The number of amides is 1. The SMILES string of the molecule is O=C(Cc1csc(Cc2ccccc2)n1)NC1(CO)CCCC1. The van der Waals surface area contributed by atoms with E-state index in [9.17, 15) is 9.90 Å². The normalized spacial score (nSPS) is 16.4. The zero-order valence-electron chi connectivity index (χ0n) is 13.1. The van der Waals surface area contributed by atoms with Crippen LogP contribution in [0.25, 0.3) is 0 Å². The van der Waals surface area contributed by atoms with Gasteiger partial charge in [0.2, 0.25) is 5.91 Å². The van der Waals surface area contributed by atoms with Crippen LogP contribution in [-0.2, 0) is 17.6 Å². The Bertz CT molecular complexity index is 648. The van der Waals surface area contributed by atoms with Crippen molar-refractivity contribution >= 4 is 17.2 Å². The van der Waals surface area contributed by atoms with Crippen molar-refractivity contribution in [1.82, 2.24) is 10.3 Å². The zero-order chi connectivity index (χ0) is 16.1. The first-order valence-corrected chi connectivity index (χ1v) is 8.96. The lowest BCUT2D eigenvalue weighted by Gasteiger charge is -2.27. The number of nitrogens with one attached hydrogen (secondary N) is 1. The van der Waals surface area contributed by atoms with Gasteiger partial charge < -0.3 is 10.4 Å². The Morgan fingerprint density at radius 2 is 2.00 bits per heavy atom. The van der Waals surface area contributed by atoms with Crippen molar-refractivity contribution in [2.45, 2.75) is 44.1 Å². The number of rotatable bonds is 6. The molecule has 1 aliphatic carbocycles. The number of aromatic nitrogens is 1. The predicted octanol–water partition coefficient (Wildman–Crippen LogP) is 2.70. The maximum atomic E-state index is 12.2. The Kier molecular flexibility index (Phi) is 5.08. The van der Waals surface area contributed by atoms with Crippen LogP contribution in [0, 0.1) is 0 Å². The van der Waals surface area contributed by atoms with E-state index >= 15 is 0 Å². The summed E-state index contributed by atoms with van der Waals surface area (Å²) >= 11 is 1.59. The lowest BCUT2D eigenvalue weighted by Crippen LogP contribution is -2.49. The fourth-order valence-corrected chi connectivity index (χ4v) is 3.99. The van der Waals surface area contributed by atoms with E-state index in [2.05, 4.69) is 22.4 Å². The topological polar surface area (TPSA) is 62.2 Å². The van der Waals surface area contributed by atoms with E-state index in [1.54, 1.807) is 11.3 Å². The lowest BCUT2D eigenvalue weighted by molar-refractivity contribution is -0.123. The van der Waals surface area contributed by atoms with Gasteiger partial charge in [0.25, 0.3) is 0 Å². The molecule has 2 N–H and O–H groups in total. The molecule has 1 amide bonds. The molecule has 1 heterocycles. The van der Waals surface area contributed by atoms with E-state index in [0.717, 1.165) is 42.8 Å². The lowest BCUT2D eigenvalue weighted by atomic mass is 9.98. The summed E-state index contributed by atoms with van der Waals surface area (Å²) in [5.74, 6) is -0.0440. The van der Waals surface area contributed by atoms with Crippen LogP contribution in [0.2, 0.25) is 0 Å². The zero-order valence-corrected chi connectivity index (χ0v) is 13.9. The van der Waals surface area contributed by atoms with Gasteiger partial charge in [-0.25, -0.2) is 4.98 Å². The van der Waals surface area contributed by atoms with Gasteiger partial charge in [-0.05, 0) is 18.4 Å². The second-order valence-corrected chi connectivity index (χ2v) is 7.21. The van der Waals surface area contributed by atoms with Gasteiger partial charge in [-0.2, -0.15) is 0 Å². The molecule has 122 valence electrons. The third-order valence-electron chi connectivity index (χ3n) is 4.41. The molecule has 1 saturated carbocycles. The summed E-state index contributed by atoms with van der Waals surface area (Å²) in [7, 11) is 0. The molecule has 5 heteroatoms. The fraction of sp³-hybridized carbons (Fsp3) is 0.444. The van der Waals surface area contributed by atoms with E-state index in [4.69, 9.17) is 0 Å². The molecule has 0 saturated heterocycles. The monoisotopic (exact) mass is 330 g/mol. The average molecular weight is 330 g/mol. The largest absolute Gasteiger partial charge is 0.394 e. The van der Waals surface area contributed by atoms with Crippen LogP contribution in [0.1, 0.15) is 41.9 Å². The molecule has 0 aliphatic heterocycles. The highest BCUT2D eigenvalue weighted by molar-refractivity contribution is 7.09. The van der Waals surface area contributed by atoms with Gasteiger partial charge in [-0.3, -0.25) is 4.79 Å². The third-order valence-corrected chi connectivity index (χ3v) is 5.30. The van der Waals surface area contributed by atoms with Crippen molar-refractivity contribution in [3.8, 4) is 0 Å². The Hall–Kier alpha value is -1.72. The molecule has 1 aromatic carbocycles. The van der Waals surface area contributed by atoms with Crippen molar-refractivity contribution in [3.63, 3.8) is 0 Å². The minimum Gasteiger partial charge on any atom is -0.394 e. The predicted molar refractivity (Wildman–Crippen MR) is 91.5 cm³/mol. The van der Waals surface area contributed by atoms with E-state index in [-0.39, 0.29) is 18.9 Å². The average Bonchev–Trinajstić information content (AvgIpc) is 3.18. The summed E-state index contributed by atoms with van der Waals surface area (Å²) in [6.45, 7) is 0.0229. The summed E-state index contributed by atoms with van der Waals surface area (Å²) in [5.41, 5.74) is 1.63. The van der Waals surface area contributed by atoms with Gasteiger partial charge in [-0.1, -0.05) is 43.2 Å². The molecule has 3 rings (SSSR count). The molecular formula is C18H22N2O2S. The molecule has 4 nitrogen and oxygen atoms in total. The fourth-order valence-electron chi connectivity index (χ4n) is 3.16. The number of thiazole rings is 1. The standard InChI is InChI=1S/C18H22N2O2S/c21-13-18(8-4-5-9-18)20-16(22)11-15-12-23-17(19-15)10-14-6-2-1-3-7-14/h1-3,6-7,12,21H,4-5,8-11,13H2,(H,20,22). The Balaban J connectivity index is 1.57.